The zero-order valence-corrected chi connectivity index (χ0v) is 6.73. The van der Waals surface area contributed by atoms with Crippen LogP contribution in [-0.4, -0.2) is 19.5 Å². The van der Waals surface area contributed by atoms with Crippen molar-refractivity contribution in [2.24, 2.45) is 0 Å². The van der Waals surface area contributed by atoms with Gasteiger partial charge in [0.2, 0.25) is 5.78 Å². The fourth-order valence-electron chi connectivity index (χ4n) is 1.12. The maximum atomic E-state index is 9.46. The molecule has 0 aromatic carbocycles. The van der Waals surface area contributed by atoms with E-state index in [-0.39, 0.29) is 5.88 Å². The van der Waals surface area contributed by atoms with Gasteiger partial charge in [0.1, 0.15) is 0 Å². The molecule has 0 fully saturated rings. The number of nitrogens with zero attached hydrogens (tertiary/aromatic N) is 3. The highest BCUT2D eigenvalue weighted by Gasteiger charge is 2.02. The summed E-state index contributed by atoms with van der Waals surface area (Å²) in [5.41, 5.74) is 0.853. The van der Waals surface area contributed by atoms with Gasteiger partial charge >= 0.3 is 0 Å². The second-order valence-electron chi connectivity index (χ2n) is 2.56. The fourth-order valence-corrected chi connectivity index (χ4v) is 1.12. The first-order valence-corrected chi connectivity index (χ1v) is 3.83. The van der Waals surface area contributed by atoms with E-state index < -0.39 is 0 Å². The molecule has 2 rings (SSSR count). The van der Waals surface area contributed by atoms with Crippen molar-refractivity contribution in [1.29, 1.82) is 0 Å². The van der Waals surface area contributed by atoms with Crippen LogP contribution in [0, 0.1) is 0 Å². The summed E-state index contributed by atoms with van der Waals surface area (Å²) in [5, 5.41) is 9.46. The summed E-state index contributed by atoms with van der Waals surface area (Å²) in [6.07, 6.45) is 4.09. The molecule has 0 radical (unpaired) electrons. The monoisotopic (exact) mass is 163 g/mol. The number of hydrogen-bond donors (Lipinski definition) is 1. The lowest BCUT2D eigenvalue weighted by molar-refractivity contribution is 0.443. The SMILES string of the molecule is CCc1cc(O)n2ccnc2n1. The highest BCUT2D eigenvalue weighted by molar-refractivity contribution is 5.34. The van der Waals surface area contributed by atoms with Gasteiger partial charge in [0.25, 0.3) is 0 Å². The van der Waals surface area contributed by atoms with Crippen molar-refractivity contribution in [3.63, 3.8) is 0 Å². The molecule has 4 heteroatoms. The van der Waals surface area contributed by atoms with Gasteiger partial charge in [-0.15, -0.1) is 0 Å². The van der Waals surface area contributed by atoms with Crippen molar-refractivity contribution in [2.45, 2.75) is 13.3 Å². The minimum absolute atomic E-state index is 0.189. The molecule has 0 saturated heterocycles. The quantitative estimate of drug-likeness (QED) is 0.682. The summed E-state index contributed by atoms with van der Waals surface area (Å²) in [5.74, 6) is 0.737. The van der Waals surface area contributed by atoms with E-state index in [1.807, 2.05) is 6.92 Å². The van der Waals surface area contributed by atoms with Gasteiger partial charge in [-0.05, 0) is 6.42 Å². The van der Waals surface area contributed by atoms with E-state index in [1.54, 1.807) is 22.9 Å². The first-order valence-electron chi connectivity index (χ1n) is 3.83. The molecule has 0 saturated carbocycles. The lowest BCUT2D eigenvalue weighted by Crippen LogP contribution is -1.93. The maximum Gasteiger partial charge on any atom is 0.236 e. The highest BCUT2D eigenvalue weighted by atomic mass is 16.3. The maximum absolute atomic E-state index is 9.46. The summed E-state index contributed by atoms with van der Waals surface area (Å²) in [7, 11) is 0. The Morgan fingerprint density at radius 3 is 3.17 bits per heavy atom. The Bertz CT molecular complexity index is 408. The number of aromatic hydroxyl groups is 1. The van der Waals surface area contributed by atoms with Crippen LogP contribution in [0.1, 0.15) is 12.6 Å². The molecule has 0 aliphatic heterocycles. The van der Waals surface area contributed by atoms with Crippen molar-refractivity contribution < 1.29 is 5.11 Å². The normalized spacial score (nSPS) is 10.8. The van der Waals surface area contributed by atoms with Crippen molar-refractivity contribution in [3.8, 4) is 5.88 Å². The number of fused-ring (bicyclic) bond motifs is 1. The Balaban J connectivity index is 2.75. The molecule has 0 spiro atoms. The van der Waals surface area contributed by atoms with Crippen molar-refractivity contribution in [1.82, 2.24) is 14.4 Å². The van der Waals surface area contributed by atoms with Gasteiger partial charge < -0.3 is 5.11 Å². The predicted octanol–water partition coefficient (Wildman–Crippen LogP) is 0.997. The van der Waals surface area contributed by atoms with Gasteiger partial charge in [0.05, 0.1) is 0 Å². The second kappa shape index (κ2) is 2.48. The minimum Gasteiger partial charge on any atom is -0.494 e. The van der Waals surface area contributed by atoms with Crippen LogP contribution in [0.15, 0.2) is 18.5 Å². The van der Waals surface area contributed by atoms with Crippen LogP contribution in [0.25, 0.3) is 5.78 Å². The van der Waals surface area contributed by atoms with Crippen LogP contribution in [0.3, 0.4) is 0 Å². The zero-order valence-electron chi connectivity index (χ0n) is 6.73. The Morgan fingerprint density at radius 2 is 2.42 bits per heavy atom. The van der Waals surface area contributed by atoms with Crippen LogP contribution >= 0.6 is 0 Å². The molecule has 0 atom stereocenters. The zero-order chi connectivity index (χ0) is 8.55. The lowest BCUT2D eigenvalue weighted by Gasteiger charge is -1.99. The van der Waals surface area contributed by atoms with Crippen LogP contribution in [-0.2, 0) is 6.42 Å². The van der Waals surface area contributed by atoms with Gasteiger partial charge in [-0.2, -0.15) is 0 Å². The molecule has 0 unspecified atom stereocenters. The standard InChI is InChI=1S/C8H9N3O/c1-2-6-5-7(12)11-4-3-9-8(11)10-6/h3-5,12H,2H2,1H3. The van der Waals surface area contributed by atoms with Crippen LogP contribution < -0.4 is 0 Å². The summed E-state index contributed by atoms with van der Waals surface area (Å²) in [6, 6.07) is 1.65. The van der Waals surface area contributed by atoms with Gasteiger partial charge in [0.15, 0.2) is 5.88 Å². The largest absolute Gasteiger partial charge is 0.494 e. The van der Waals surface area contributed by atoms with Crippen LogP contribution in [0.4, 0.5) is 0 Å². The smallest absolute Gasteiger partial charge is 0.236 e. The number of aryl methyl sites for hydroxylation is 1. The van der Waals surface area contributed by atoms with Gasteiger partial charge in [-0.1, -0.05) is 6.92 Å². The Morgan fingerprint density at radius 1 is 1.58 bits per heavy atom. The second-order valence-corrected chi connectivity index (χ2v) is 2.56. The van der Waals surface area contributed by atoms with E-state index in [4.69, 9.17) is 0 Å². The highest BCUT2D eigenvalue weighted by Crippen LogP contribution is 2.12. The molecule has 2 aromatic heterocycles. The summed E-state index contributed by atoms with van der Waals surface area (Å²) < 4.78 is 1.54. The van der Waals surface area contributed by atoms with Crippen molar-refractivity contribution in [2.75, 3.05) is 0 Å². The summed E-state index contributed by atoms with van der Waals surface area (Å²) >= 11 is 0. The first kappa shape index (κ1) is 7.09. The number of aromatic nitrogens is 3. The Labute approximate surface area is 69.5 Å². The number of imidazole rings is 1. The molecule has 4 nitrogen and oxygen atoms in total. The lowest BCUT2D eigenvalue weighted by atomic mass is 10.3. The van der Waals surface area contributed by atoms with Crippen LogP contribution in [0.5, 0.6) is 5.88 Å². The molecular formula is C8H9N3O. The third-order valence-electron chi connectivity index (χ3n) is 1.77. The molecule has 12 heavy (non-hydrogen) atoms. The van der Waals surface area contributed by atoms with Gasteiger partial charge in [-0.3, -0.25) is 4.40 Å². The number of rotatable bonds is 1. The Hall–Kier alpha value is -1.58. The molecule has 2 heterocycles. The average molecular weight is 163 g/mol. The van der Waals surface area contributed by atoms with Crippen molar-refractivity contribution in [3.05, 3.63) is 24.2 Å². The third kappa shape index (κ3) is 0.922. The summed E-state index contributed by atoms with van der Waals surface area (Å²) in [4.78, 5) is 8.19. The third-order valence-corrected chi connectivity index (χ3v) is 1.77. The molecule has 0 bridgehead atoms. The summed E-state index contributed by atoms with van der Waals surface area (Å²) in [6.45, 7) is 1.99. The predicted molar refractivity (Wildman–Crippen MR) is 44.0 cm³/mol. The van der Waals surface area contributed by atoms with Gasteiger partial charge in [0, 0.05) is 24.2 Å². The van der Waals surface area contributed by atoms with Crippen molar-refractivity contribution >= 4 is 5.78 Å². The molecule has 62 valence electrons. The van der Waals surface area contributed by atoms with Gasteiger partial charge in [-0.25, -0.2) is 9.97 Å². The topological polar surface area (TPSA) is 50.4 Å². The molecule has 0 aliphatic carbocycles. The van der Waals surface area contributed by atoms with E-state index in [9.17, 15) is 5.11 Å². The average Bonchev–Trinajstić information content (AvgIpc) is 2.52. The number of hydrogen-bond acceptors (Lipinski definition) is 3. The van der Waals surface area contributed by atoms with E-state index >= 15 is 0 Å². The minimum atomic E-state index is 0.189. The van der Waals surface area contributed by atoms with E-state index in [0.717, 1.165) is 12.1 Å². The molecule has 0 amide bonds. The van der Waals surface area contributed by atoms with E-state index in [2.05, 4.69) is 9.97 Å². The van der Waals surface area contributed by atoms with Crippen LogP contribution in [0.2, 0.25) is 0 Å². The first-order chi connectivity index (χ1) is 5.81. The molecule has 0 aliphatic rings. The molecular weight excluding hydrogens is 154 g/mol. The van der Waals surface area contributed by atoms with E-state index in [1.165, 1.54) is 0 Å². The Kier molecular flexibility index (Phi) is 1.46. The fraction of sp³-hybridized carbons (Fsp3) is 0.250. The molecule has 1 N–H and O–H groups in total. The molecule has 2 aromatic rings. The van der Waals surface area contributed by atoms with E-state index in [0.29, 0.717) is 5.78 Å².